The summed E-state index contributed by atoms with van der Waals surface area (Å²) in [4.78, 5) is 28.4. The van der Waals surface area contributed by atoms with Crippen LogP contribution in [0.2, 0.25) is 0 Å². The van der Waals surface area contributed by atoms with E-state index in [1.807, 2.05) is 55.4 Å². The number of rotatable bonds is 3. The Morgan fingerprint density at radius 1 is 1.00 bits per heavy atom. The molecular weight excluding hydrogens is 388 g/mol. The number of thioether (sulfide) groups is 1. The van der Waals surface area contributed by atoms with Crippen LogP contribution in [0.1, 0.15) is 5.56 Å². The van der Waals surface area contributed by atoms with Gasteiger partial charge in [-0.2, -0.15) is 0 Å². The number of nitrogens with zero attached hydrogens (tertiary/aromatic N) is 2. The number of hydrogen-bond acceptors (Lipinski definition) is 4. The van der Waals surface area contributed by atoms with E-state index in [0.717, 1.165) is 27.5 Å². The molecule has 1 aliphatic heterocycles. The molecule has 4 nitrogen and oxygen atoms in total. The smallest absolute Gasteiger partial charge is 0.298 e. The van der Waals surface area contributed by atoms with Gasteiger partial charge < -0.3 is 4.90 Å². The molecule has 1 saturated heterocycles. The van der Waals surface area contributed by atoms with Gasteiger partial charge in [-0.25, -0.2) is 4.90 Å². The highest BCUT2D eigenvalue weighted by Crippen LogP contribution is 2.36. The highest BCUT2D eigenvalue weighted by Gasteiger charge is 2.36. The monoisotopic (exact) mass is 402 g/mol. The van der Waals surface area contributed by atoms with Gasteiger partial charge in [-0.3, -0.25) is 9.59 Å². The summed E-state index contributed by atoms with van der Waals surface area (Å²) in [6, 6.07) is 14.9. The van der Waals surface area contributed by atoms with Crippen molar-refractivity contribution in [2.45, 2.75) is 0 Å². The summed E-state index contributed by atoms with van der Waals surface area (Å²) in [6.45, 7) is 0. The maximum atomic E-state index is 12.6. The summed E-state index contributed by atoms with van der Waals surface area (Å²) in [5, 5.41) is -0.279. The van der Waals surface area contributed by atoms with Crippen molar-refractivity contribution < 1.29 is 9.59 Å². The minimum absolute atomic E-state index is 0.279. The highest BCUT2D eigenvalue weighted by molar-refractivity contribution is 9.10. The fraction of sp³-hybridized carbons (Fsp3) is 0.111. The maximum Gasteiger partial charge on any atom is 0.298 e. The van der Waals surface area contributed by atoms with Gasteiger partial charge in [0.1, 0.15) is 0 Å². The molecular formula is C18H15BrN2O2S. The Labute approximate surface area is 153 Å². The van der Waals surface area contributed by atoms with Crippen LogP contribution in [0.25, 0.3) is 6.08 Å². The predicted octanol–water partition coefficient (Wildman–Crippen LogP) is 4.76. The molecule has 0 atom stereocenters. The second-order valence-corrected chi connectivity index (χ2v) is 7.39. The van der Waals surface area contributed by atoms with Crippen molar-refractivity contribution >= 4 is 56.3 Å². The summed E-state index contributed by atoms with van der Waals surface area (Å²) in [6.07, 6.45) is 1.75. The Balaban J connectivity index is 1.86. The Bertz CT molecular complexity index is 814. The third-order valence-electron chi connectivity index (χ3n) is 3.59. The van der Waals surface area contributed by atoms with Crippen molar-refractivity contribution in [3.63, 3.8) is 0 Å². The third-order valence-corrected chi connectivity index (χ3v) is 4.98. The predicted molar refractivity (Wildman–Crippen MR) is 103 cm³/mol. The molecule has 2 aromatic carbocycles. The topological polar surface area (TPSA) is 40.6 Å². The summed E-state index contributed by atoms with van der Waals surface area (Å²) in [5.41, 5.74) is 2.55. The first-order valence-electron chi connectivity index (χ1n) is 7.26. The van der Waals surface area contributed by atoms with Crippen molar-refractivity contribution in [3.8, 4) is 0 Å². The van der Waals surface area contributed by atoms with Crippen molar-refractivity contribution in [1.82, 2.24) is 0 Å². The lowest BCUT2D eigenvalue weighted by Gasteiger charge is -2.12. The van der Waals surface area contributed by atoms with Gasteiger partial charge in [-0.05, 0) is 59.8 Å². The normalized spacial score (nSPS) is 16.1. The lowest BCUT2D eigenvalue weighted by Crippen LogP contribution is -2.27. The van der Waals surface area contributed by atoms with Gasteiger partial charge in [0.05, 0.1) is 10.6 Å². The molecule has 6 heteroatoms. The molecule has 1 aliphatic rings. The fourth-order valence-electron chi connectivity index (χ4n) is 2.30. The molecule has 0 spiro atoms. The van der Waals surface area contributed by atoms with E-state index in [-0.39, 0.29) is 11.1 Å². The van der Waals surface area contributed by atoms with E-state index in [2.05, 4.69) is 15.9 Å². The number of imide groups is 1. The number of carbonyl (C=O) groups is 2. The van der Waals surface area contributed by atoms with E-state index in [9.17, 15) is 9.59 Å². The standard InChI is InChI=1S/C18H15BrN2O2S/c1-20(2)14-7-3-12(4-8-14)11-16-17(22)21(18(23)24-16)15-9-5-13(19)6-10-15/h3-11H,1-2H3. The van der Waals surface area contributed by atoms with E-state index in [1.165, 1.54) is 4.90 Å². The van der Waals surface area contributed by atoms with E-state index in [1.54, 1.807) is 18.2 Å². The molecule has 24 heavy (non-hydrogen) atoms. The lowest BCUT2D eigenvalue weighted by molar-refractivity contribution is -0.113. The molecule has 2 amide bonds. The van der Waals surface area contributed by atoms with Gasteiger partial charge >= 0.3 is 0 Å². The zero-order chi connectivity index (χ0) is 17.3. The van der Waals surface area contributed by atoms with Crippen LogP contribution in [0.15, 0.2) is 57.9 Å². The third kappa shape index (κ3) is 3.39. The molecule has 1 fully saturated rings. The van der Waals surface area contributed by atoms with Crippen LogP contribution < -0.4 is 9.80 Å². The number of anilines is 2. The molecule has 0 radical (unpaired) electrons. The molecule has 1 heterocycles. The number of halogens is 1. The SMILES string of the molecule is CN(C)c1ccc(C=C2SC(=O)N(c3ccc(Br)cc3)C2=O)cc1. The lowest BCUT2D eigenvalue weighted by atomic mass is 10.2. The molecule has 0 N–H and O–H groups in total. The van der Waals surface area contributed by atoms with Crippen LogP contribution in [0.4, 0.5) is 16.2 Å². The Morgan fingerprint density at radius 3 is 2.21 bits per heavy atom. The van der Waals surface area contributed by atoms with Gasteiger partial charge in [0.25, 0.3) is 11.1 Å². The Kier molecular flexibility index (Phi) is 4.78. The molecule has 0 unspecified atom stereocenters. The molecule has 122 valence electrons. The average Bonchev–Trinajstić information content (AvgIpc) is 2.83. The first-order chi connectivity index (χ1) is 11.5. The van der Waals surface area contributed by atoms with Crippen molar-refractivity contribution in [1.29, 1.82) is 0 Å². The largest absolute Gasteiger partial charge is 0.378 e. The fourth-order valence-corrected chi connectivity index (χ4v) is 3.41. The van der Waals surface area contributed by atoms with Crippen molar-refractivity contribution in [2.24, 2.45) is 0 Å². The molecule has 0 saturated carbocycles. The highest BCUT2D eigenvalue weighted by atomic mass is 79.9. The molecule has 2 aromatic rings. The molecule has 0 aromatic heterocycles. The van der Waals surface area contributed by atoms with Gasteiger partial charge in [0, 0.05) is 24.3 Å². The molecule has 0 bridgehead atoms. The van der Waals surface area contributed by atoms with Crippen LogP contribution in [-0.4, -0.2) is 25.2 Å². The van der Waals surface area contributed by atoms with Crippen LogP contribution in [0.3, 0.4) is 0 Å². The van der Waals surface area contributed by atoms with E-state index in [0.29, 0.717) is 10.6 Å². The second kappa shape index (κ2) is 6.83. The number of carbonyl (C=O) groups excluding carboxylic acids is 2. The minimum atomic E-state index is -0.288. The van der Waals surface area contributed by atoms with Gasteiger partial charge in [0.2, 0.25) is 0 Å². The van der Waals surface area contributed by atoms with Gasteiger partial charge in [-0.15, -0.1) is 0 Å². The minimum Gasteiger partial charge on any atom is -0.378 e. The van der Waals surface area contributed by atoms with Crippen LogP contribution in [0.5, 0.6) is 0 Å². The van der Waals surface area contributed by atoms with Gasteiger partial charge in [0.15, 0.2) is 0 Å². The summed E-state index contributed by atoms with van der Waals surface area (Å²) < 4.78 is 0.898. The Hall–Kier alpha value is -2.05. The first kappa shape index (κ1) is 16.8. The first-order valence-corrected chi connectivity index (χ1v) is 8.87. The second-order valence-electron chi connectivity index (χ2n) is 5.48. The zero-order valence-corrected chi connectivity index (χ0v) is 15.6. The number of amides is 2. The van der Waals surface area contributed by atoms with E-state index >= 15 is 0 Å². The summed E-state index contributed by atoms with van der Waals surface area (Å²) in [7, 11) is 3.94. The summed E-state index contributed by atoms with van der Waals surface area (Å²) in [5.74, 6) is -0.288. The van der Waals surface area contributed by atoms with Crippen LogP contribution in [-0.2, 0) is 4.79 Å². The Morgan fingerprint density at radius 2 is 1.62 bits per heavy atom. The van der Waals surface area contributed by atoms with Crippen molar-refractivity contribution in [2.75, 3.05) is 23.9 Å². The number of hydrogen-bond donors (Lipinski definition) is 0. The number of benzene rings is 2. The zero-order valence-electron chi connectivity index (χ0n) is 13.2. The summed E-state index contributed by atoms with van der Waals surface area (Å²) >= 11 is 4.31. The van der Waals surface area contributed by atoms with E-state index in [4.69, 9.17) is 0 Å². The maximum absolute atomic E-state index is 12.6. The van der Waals surface area contributed by atoms with Crippen LogP contribution >= 0.6 is 27.7 Å². The average molecular weight is 403 g/mol. The quantitative estimate of drug-likeness (QED) is 0.694. The van der Waals surface area contributed by atoms with Gasteiger partial charge in [-0.1, -0.05) is 28.1 Å². The van der Waals surface area contributed by atoms with E-state index < -0.39 is 0 Å². The molecule has 0 aliphatic carbocycles. The van der Waals surface area contributed by atoms with Crippen molar-refractivity contribution in [3.05, 3.63) is 63.5 Å². The van der Waals surface area contributed by atoms with Crippen LogP contribution in [0, 0.1) is 0 Å². The molecule has 3 rings (SSSR count).